The molecule has 1 saturated heterocycles. The van der Waals surface area contributed by atoms with Crippen LogP contribution in [0.1, 0.15) is 18.1 Å². The highest BCUT2D eigenvalue weighted by Crippen LogP contribution is 2.32. The number of carbonyl (C=O) groups excluding carboxylic acids is 2. The molecule has 1 aliphatic heterocycles. The largest absolute Gasteiger partial charge is 0.494 e. The van der Waals surface area contributed by atoms with E-state index >= 15 is 0 Å². The molecule has 0 aromatic heterocycles. The molecular formula is C19H19NO3S. The van der Waals surface area contributed by atoms with Crippen LogP contribution in [0.25, 0.3) is 0 Å². The summed E-state index contributed by atoms with van der Waals surface area (Å²) in [6.45, 7) is 2.83. The molecule has 1 aliphatic rings. The fraction of sp³-hybridized carbons (Fsp3) is 0.263. The second-order valence-electron chi connectivity index (χ2n) is 5.53. The first-order chi connectivity index (χ1) is 11.7. The van der Waals surface area contributed by atoms with E-state index in [1.807, 2.05) is 61.5 Å². The van der Waals surface area contributed by atoms with Crippen LogP contribution in [0.3, 0.4) is 0 Å². The van der Waals surface area contributed by atoms with Crippen molar-refractivity contribution >= 4 is 22.9 Å². The molecule has 4 nitrogen and oxygen atoms in total. The van der Waals surface area contributed by atoms with Crippen LogP contribution in [-0.2, 0) is 17.8 Å². The van der Waals surface area contributed by atoms with Gasteiger partial charge in [0.2, 0.25) is 5.91 Å². The Bertz CT molecular complexity index is 732. The molecule has 1 heterocycles. The highest BCUT2D eigenvalue weighted by atomic mass is 32.2. The van der Waals surface area contributed by atoms with Crippen LogP contribution in [0.4, 0.5) is 4.79 Å². The van der Waals surface area contributed by atoms with E-state index < -0.39 is 0 Å². The zero-order valence-corrected chi connectivity index (χ0v) is 14.3. The molecule has 2 aromatic rings. The number of hydrogen-bond donors (Lipinski definition) is 0. The third kappa shape index (κ3) is 3.62. The lowest BCUT2D eigenvalue weighted by Gasteiger charge is -2.15. The Labute approximate surface area is 145 Å². The molecule has 0 spiro atoms. The summed E-state index contributed by atoms with van der Waals surface area (Å²) in [4.78, 5) is 26.2. The first kappa shape index (κ1) is 16.6. The van der Waals surface area contributed by atoms with Crippen molar-refractivity contribution in [2.75, 3.05) is 6.61 Å². The van der Waals surface area contributed by atoms with Crippen molar-refractivity contribution in [1.82, 2.24) is 4.90 Å². The molecule has 0 bridgehead atoms. The molecule has 24 heavy (non-hydrogen) atoms. The predicted molar refractivity (Wildman–Crippen MR) is 95.1 cm³/mol. The Kier molecular flexibility index (Phi) is 5.20. The lowest BCUT2D eigenvalue weighted by molar-refractivity contribution is -0.127. The van der Waals surface area contributed by atoms with Crippen LogP contribution in [0.15, 0.2) is 54.6 Å². The summed E-state index contributed by atoms with van der Waals surface area (Å²) in [7, 11) is 0. The number of amides is 2. The fourth-order valence-electron chi connectivity index (χ4n) is 2.71. The molecule has 0 unspecified atom stereocenters. The standard InChI is InChI=1S/C19H19NO3S/c1-2-23-16-11-7-6-10-15(16)12-17-18(21)20(19(22)24-17)13-14-8-4-3-5-9-14/h3-11,17H,2,12-13H2,1H3/t17-/m1/s1. The van der Waals surface area contributed by atoms with Crippen molar-refractivity contribution in [2.24, 2.45) is 0 Å². The highest BCUT2D eigenvalue weighted by molar-refractivity contribution is 8.15. The van der Waals surface area contributed by atoms with E-state index in [2.05, 4.69) is 0 Å². The number of benzene rings is 2. The quantitative estimate of drug-likeness (QED) is 0.800. The summed E-state index contributed by atoms with van der Waals surface area (Å²) < 4.78 is 5.61. The third-order valence-corrected chi connectivity index (χ3v) is 4.94. The zero-order valence-electron chi connectivity index (χ0n) is 13.5. The van der Waals surface area contributed by atoms with Gasteiger partial charge in [-0.3, -0.25) is 14.5 Å². The van der Waals surface area contributed by atoms with E-state index in [4.69, 9.17) is 4.74 Å². The Morgan fingerprint density at radius 3 is 2.50 bits per heavy atom. The topological polar surface area (TPSA) is 46.6 Å². The lowest BCUT2D eigenvalue weighted by atomic mass is 10.1. The van der Waals surface area contributed by atoms with Gasteiger partial charge in [-0.25, -0.2) is 0 Å². The van der Waals surface area contributed by atoms with E-state index in [9.17, 15) is 9.59 Å². The molecule has 5 heteroatoms. The second kappa shape index (κ2) is 7.53. The normalized spacial score (nSPS) is 17.4. The van der Waals surface area contributed by atoms with E-state index in [0.717, 1.165) is 28.6 Å². The number of ether oxygens (including phenoxy) is 1. The Hall–Kier alpha value is -2.27. The summed E-state index contributed by atoms with van der Waals surface area (Å²) >= 11 is 1.10. The maximum atomic E-state index is 12.6. The number of hydrogen-bond acceptors (Lipinski definition) is 4. The van der Waals surface area contributed by atoms with Crippen LogP contribution in [0.5, 0.6) is 5.75 Å². The van der Waals surface area contributed by atoms with Gasteiger partial charge in [-0.05, 0) is 30.5 Å². The average molecular weight is 341 g/mol. The summed E-state index contributed by atoms with van der Waals surface area (Å²) in [5.41, 5.74) is 1.91. The van der Waals surface area contributed by atoms with Crippen molar-refractivity contribution in [3.05, 3.63) is 65.7 Å². The number of carbonyl (C=O) groups is 2. The van der Waals surface area contributed by atoms with Gasteiger partial charge in [0.25, 0.3) is 5.24 Å². The van der Waals surface area contributed by atoms with E-state index in [-0.39, 0.29) is 16.4 Å². The van der Waals surface area contributed by atoms with Gasteiger partial charge in [0.05, 0.1) is 18.4 Å². The van der Waals surface area contributed by atoms with Crippen molar-refractivity contribution in [3.63, 3.8) is 0 Å². The predicted octanol–water partition coefficient (Wildman–Crippen LogP) is 3.89. The van der Waals surface area contributed by atoms with Crippen LogP contribution in [-0.4, -0.2) is 27.9 Å². The Morgan fingerprint density at radius 1 is 1.04 bits per heavy atom. The van der Waals surface area contributed by atoms with Gasteiger partial charge < -0.3 is 4.74 Å². The first-order valence-electron chi connectivity index (χ1n) is 7.95. The van der Waals surface area contributed by atoms with Gasteiger partial charge in [-0.2, -0.15) is 0 Å². The minimum atomic E-state index is -0.386. The minimum Gasteiger partial charge on any atom is -0.494 e. The maximum absolute atomic E-state index is 12.6. The molecular weight excluding hydrogens is 322 g/mol. The number of para-hydroxylation sites is 1. The van der Waals surface area contributed by atoms with Crippen molar-refractivity contribution in [2.45, 2.75) is 25.1 Å². The van der Waals surface area contributed by atoms with Gasteiger partial charge >= 0.3 is 0 Å². The first-order valence-corrected chi connectivity index (χ1v) is 8.83. The van der Waals surface area contributed by atoms with Gasteiger partial charge in [-0.1, -0.05) is 60.3 Å². The van der Waals surface area contributed by atoms with Crippen LogP contribution in [0.2, 0.25) is 0 Å². The highest BCUT2D eigenvalue weighted by Gasteiger charge is 2.39. The average Bonchev–Trinajstić information content (AvgIpc) is 2.85. The van der Waals surface area contributed by atoms with Crippen molar-refractivity contribution in [1.29, 1.82) is 0 Å². The molecule has 0 aliphatic carbocycles. The molecule has 1 atom stereocenters. The summed E-state index contributed by atoms with van der Waals surface area (Å²) in [6, 6.07) is 17.2. The number of thioether (sulfide) groups is 1. The summed E-state index contributed by atoms with van der Waals surface area (Å²) in [6.07, 6.45) is 0.497. The Morgan fingerprint density at radius 2 is 1.75 bits per heavy atom. The van der Waals surface area contributed by atoms with Crippen LogP contribution in [0, 0.1) is 0 Å². The van der Waals surface area contributed by atoms with Gasteiger partial charge in [0.1, 0.15) is 5.75 Å². The van der Waals surface area contributed by atoms with E-state index in [0.29, 0.717) is 19.6 Å². The van der Waals surface area contributed by atoms with E-state index in [1.165, 1.54) is 4.90 Å². The number of imide groups is 1. The molecule has 0 saturated carbocycles. The van der Waals surface area contributed by atoms with Crippen molar-refractivity contribution < 1.29 is 14.3 Å². The fourth-order valence-corrected chi connectivity index (χ4v) is 3.72. The second-order valence-corrected chi connectivity index (χ2v) is 6.68. The molecule has 3 rings (SSSR count). The molecule has 124 valence electrons. The third-order valence-electron chi connectivity index (χ3n) is 3.87. The molecule has 0 N–H and O–H groups in total. The van der Waals surface area contributed by atoms with Gasteiger partial charge in [0.15, 0.2) is 0 Å². The minimum absolute atomic E-state index is 0.125. The molecule has 0 radical (unpaired) electrons. The Balaban J connectivity index is 1.72. The van der Waals surface area contributed by atoms with Crippen LogP contribution < -0.4 is 4.74 Å². The van der Waals surface area contributed by atoms with Crippen molar-refractivity contribution in [3.8, 4) is 5.75 Å². The van der Waals surface area contributed by atoms with Gasteiger partial charge in [0, 0.05) is 0 Å². The van der Waals surface area contributed by atoms with Crippen LogP contribution >= 0.6 is 11.8 Å². The molecule has 1 fully saturated rings. The summed E-state index contributed by atoms with van der Waals surface area (Å²) in [5, 5.41) is -0.564. The monoisotopic (exact) mass is 341 g/mol. The van der Waals surface area contributed by atoms with E-state index in [1.54, 1.807) is 0 Å². The number of rotatable bonds is 6. The smallest absolute Gasteiger partial charge is 0.289 e. The SMILES string of the molecule is CCOc1ccccc1C[C@H]1SC(=O)N(Cc2ccccc2)C1=O. The lowest BCUT2D eigenvalue weighted by Crippen LogP contribution is -2.31. The molecule has 2 amide bonds. The maximum Gasteiger partial charge on any atom is 0.289 e. The molecule has 2 aromatic carbocycles. The van der Waals surface area contributed by atoms with Gasteiger partial charge in [-0.15, -0.1) is 0 Å². The zero-order chi connectivity index (χ0) is 16.9. The number of nitrogens with zero attached hydrogens (tertiary/aromatic N) is 1. The summed E-state index contributed by atoms with van der Waals surface area (Å²) in [5.74, 6) is 0.655.